The number of ether oxygens (including phenoxy) is 2. The van der Waals surface area contributed by atoms with Gasteiger partial charge in [-0.1, -0.05) is 31.8 Å². The van der Waals surface area contributed by atoms with Crippen LogP contribution in [0.3, 0.4) is 0 Å². The molecule has 0 aliphatic carbocycles. The van der Waals surface area contributed by atoms with Crippen molar-refractivity contribution in [1.29, 1.82) is 0 Å². The number of anilines is 2. The van der Waals surface area contributed by atoms with Gasteiger partial charge in [-0.25, -0.2) is 9.97 Å². The van der Waals surface area contributed by atoms with Crippen LogP contribution in [0.15, 0.2) is 36.7 Å². The number of benzene rings is 1. The minimum absolute atomic E-state index is 0.0349. The molecular formula is C27H38N6O3Si. The van der Waals surface area contributed by atoms with Gasteiger partial charge in [-0.15, -0.1) is 0 Å². The van der Waals surface area contributed by atoms with E-state index in [4.69, 9.17) is 9.47 Å². The van der Waals surface area contributed by atoms with Crippen LogP contribution in [-0.2, 0) is 21.0 Å². The second kappa shape index (κ2) is 11.3. The molecule has 198 valence electrons. The molecule has 9 nitrogen and oxygen atoms in total. The van der Waals surface area contributed by atoms with Crippen LogP contribution in [0.4, 0.5) is 11.5 Å². The first-order valence-electron chi connectivity index (χ1n) is 13.3. The SMILES string of the molecule is C[Si](C)(C)CCOCn1c(-c2ccc(NC(=O)C3CCNC3)cc2)cc2c(N3CCOCC3)ncnc21. The number of hydrogen-bond acceptors (Lipinski definition) is 7. The second-order valence-electron chi connectivity index (χ2n) is 11.1. The van der Waals surface area contributed by atoms with Gasteiger partial charge in [0.2, 0.25) is 5.91 Å². The fourth-order valence-electron chi connectivity index (χ4n) is 4.83. The minimum atomic E-state index is -1.19. The Balaban J connectivity index is 1.43. The molecule has 2 aliphatic heterocycles. The Morgan fingerprint density at radius 2 is 1.97 bits per heavy atom. The van der Waals surface area contributed by atoms with Crippen LogP contribution in [0.5, 0.6) is 0 Å². The van der Waals surface area contributed by atoms with E-state index in [1.165, 1.54) is 0 Å². The highest BCUT2D eigenvalue weighted by Crippen LogP contribution is 2.33. The molecule has 1 aromatic carbocycles. The quantitative estimate of drug-likeness (QED) is 0.326. The summed E-state index contributed by atoms with van der Waals surface area (Å²) in [5.74, 6) is 1.05. The molecule has 0 radical (unpaired) electrons. The van der Waals surface area contributed by atoms with Crippen molar-refractivity contribution in [3.8, 4) is 11.3 Å². The molecule has 1 atom stereocenters. The predicted octanol–water partition coefficient (Wildman–Crippen LogP) is 3.80. The van der Waals surface area contributed by atoms with E-state index in [0.717, 1.165) is 79.0 Å². The molecule has 1 amide bonds. The molecular weight excluding hydrogens is 484 g/mol. The Morgan fingerprint density at radius 3 is 2.68 bits per heavy atom. The molecule has 0 spiro atoms. The zero-order valence-electron chi connectivity index (χ0n) is 22.1. The fraction of sp³-hybridized carbons (Fsp3) is 0.519. The molecule has 2 N–H and O–H groups in total. The van der Waals surface area contributed by atoms with Gasteiger partial charge in [-0.2, -0.15) is 0 Å². The number of rotatable bonds is 9. The van der Waals surface area contributed by atoms with Gasteiger partial charge in [0.05, 0.1) is 30.2 Å². The molecule has 1 unspecified atom stereocenters. The summed E-state index contributed by atoms with van der Waals surface area (Å²) >= 11 is 0. The highest BCUT2D eigenvalue weighted by molar-refractivity contribution is 6.76. The maximum Gasteiger partial charge on any atom is 0.228 e. The van der Waals surface area contributed by atoms with E-state index in [2.05, 4.69) is 67.9 Å². The van der Waals surface area contributed by atoms with Crippen molar-refractivity contribution in [3.05, 3.63) is 36.7 Å². The molecule has 5 rings (SSSR count). The van der Waals surface area contributed by atoms with E-state index in [9.17, 15) is 4.79 Å². The monoisotopic (exact) mass is 522 g/mol. The third-order valence-electron chi connectivity index (χ3n) is 7.08. The van der Waals surface area contributed by atoms with E-state index in [1.807, 2.05) is 12.1 Å². The van der Waals surface area contributed by atoms with Gasteiger partial charge in [-0.05, 0) is 42.8 Å². The Morgan fingerprint density at radius 1 is 1.19 bits per heavy atom. The largest absolute Gasteiger partial charge is 0.378 e. The number of amides is 1. The highest BCUT2D eigenvalue weighted by Gasteiger charge is 2.23. The van der Waals surface area contributed by atoms with Gasteiger partial charge >= 0.3 is 0 Å². The Kier molecular flexibility index (Phi) is 7.89. The number of nitrogens with zero attached hydrogens (tertiary/aromatic N) is 4. The maximum absolute atomic E-state index is 12.5. The van der Waals surface area contributed by atoms with Gasteiger partial charge in [0.25, 0.3) is 0 Å². The standard InChI is InChI=1S/C27H38N6O3Si/c1-37(2,3)15-14-36-19-33-24(16-23-25(29-18-30-26(23)33)32-10-12-35-13-11-32)20-4-6-22(7-5-20)31-27(34)21-8-9-28-17-21/h4-7,16,18,21,28H,8-15,17,19H2,1-3H3,(H,31,34). The lowest BCUT2D eigenvalue weighted by Crippen LogP contribution is -2.36. The molecule has 0 bridgehead atoms. The molecule has 10 heteroatoms. The lowest BCUT2D eigenvalue weighted by atomic mass is 10.1. The molecule has 2 aliphatic rings. The summed E-state index contributed by atoms with van der Waals surface area (Å²) in [6.45, 7) is 12.9. The number of aromatic nitrogens is 3. The van der Waals surface area contributed by atoms with Crippen LogP contribution in [0.2, 0.25) is 25.7 Å². The zero-order valence-corrected chi connectivity index (χ0v) is 23.1. The number of hydrogen-bond donors (Lipinski definition) is 2. The number of morpholine rings is 1. The molecule has 4 heterocycles. The minimum Gasteiger partial charge on any atom is -0.378 e. The van der Waals surface area contributed by atoms with Gasteiger partial charge in [0.1, 0.15) is 24.5 Å². The maximum atomic E-state index is 12.5. The Hall–Kier alpha value is -2.79. The second-order valence-corrected chi connectivity index (χ2v) is 16.7. The van der Waals surface area contributed by atoms with E-state index >= 15 is 0 Å². The highest BCUT2D eigenvalue weighted by atomic mass is 28.3. The molecule has 37 heavy (non-hydrogen) atoms. The first-order chi connectivity index (χ1) is 17.9. The van der Waals surface area contributed by atoms with Crippen LogP contribution in [0.1, 0.15) is 6.42 Å². The van der Waals surface area contributed by atoms with Crippen LogP contribution < -0.4 is 15.5 Å². The van der Waals surface area contributed by atoms with E-state index in [0.29, 0.717) is 19.9 Å². The van der Waals surface area contributed by atoms with Crippen molar-refractivity contribution >= 4 is 36.5 Å². The lowest BCUT2D eigenvalue weighted by molar-refractivity contribution is -0.119. The molecule has 2 fully saturated rings. The first-order valence-corrected chi connectivity index (χ1v) is 17.0. The smallest absolute Gasteiger partial charge is 0.228 e. The van der Waals surface area contributed by atoms with Crippen LogP contribution >= 0.6 is 0 Å². The normalized spacial score (nSPS) is 18.5. The van der Waals surface area contributed by atoms with Gasteiger partial charge in [0, 0.05) is 40.0 Å². The molecule has 3 aromatic rings. The van der Waals surface area contributed by atoms with Crippen molar-refractivity contribution in [3.63, 3.8) is 0 Å². The Labute approximate surface area is 219 Å². The Bertz CT molecular complexity index is 1210. The van der Waals surface area contributed by atoms with Crippen LogP contribution in [0.25, 0.3) is 22.3 Å². The number of carbonyl (C=O) groups excluding carboxylic acids is 1. The first kappa shape index (κ1) is 25.8. The van der Waals surface area contributed by atoms with Crippen molar-refractivity contribution < 1.29 is 14.3 Å². The van der Waals surface area contributed by atoms with Crippen LogP contribution in [-0.4, -0.2) is 74.5 Å². The summed E-state index contributed by atoms with van der Waals surface area (Å²) in [5, 5.41) is 7.33. The average molecular weight is 523 g/mol. The van der Waals surface area contributed by atoms with Gasteiger partial charge in [0.15, 0.2) is 0 Å². The molecule has 0 saturated carbocycles. The van der Waals surface area contributed by atoms with E-state index < -0.39 is 8.07 Å². The van der Waals surface area contributed by atoms with Gasteiger partial charge < -0.3 is 29.6 Å². The van der Waals surface area contributed by atoms with E-state index in [1.54, 1.807) is 6.33 Å². The van der Waals surface area contributed by atoms with Crippen molar-refractivity contribution in [1.82, 2.24) is 19.9 Å². The average Bonchev–Trinajstić information content (AvgIpc) is 3.56. The number of carbonyl (C=O) groups is 1. The molecule has 2 aromatic heterocycles. The fourth-order valence-corrected chi connectivity index (χ4v) is 5.59. The topological polar surface area (TPSA) is 93.5 Å². The van der Waals surface area contributed by atoms with Crippen molar-refractivity contribution in [2.24, 2.45) is 5.92 Å². The van der Waals surface area contributed by atoms with Crippen molar-refractivity contribution in [2.45, 2.75) is 38.8 Å². The third kappa shape index (κ3) is 6.20. The summed E-state index contributed by atoms with van der Waals surface area (Å²) in [5.41, 5.74) is 3.74. The number of fused-ring (bicyclic) bond motifs is 1. The lowest BCUT2D eigenvalue weighted by Gasteiger charge is -2.28. The predicted molar refractivity (Wildman–Crippen MR) is 150 cm³/mol. The van der Waals surface area contributed by atoms with Gasteiger partial charge in [-0.3, -0.25) is 4.79 Å². The van der Waals surface area contributed by atoms with Crippen LogP contribution in [0, 0.1) is 5.92 Å². The van der Waals surface area contributed by atoms with E-state index in [-0.39, 0.29) is 11.8 Å². The third-order valence-corrected chi connectivity index (χ3v) is 8.78. The zero-order chi connectivity index (χ0) is 25.8. The summed E-state index contributed by atoms with van der Waals surface area (Å²) < 4.78 is 13.9. The number of nitrogens with one attached hydrogen (secondary N) is 2. The van der Waals surface area contributed by atoms with Crippen molar-refractivity contribution in [2.75, 3.05) is 56.2 Å². The summed E-state index contributed by atoms with van der Waals surface area (Å²) in [6, 6.07) is 11.3. The summed E-state index contributed by atoms with van der Waals surface area (Å²) in [7, 11) is -1.19. The molecule has 2 saturated heterocycles. The summed E-state index contributed by atoms with van der Waals surface area (Å²) in [4.78, 5) is 24.1. The summed E-state index contributed by atoms with van der Waals surface area (Å²) in [6.07, 6.45) is 2.53.